The van der Waals surface area contributed by atoms with Crippen LogP contribution in [-0.4, -0.2) is 83.6 Å². The first-order chi connectivity index (χ1) is 17.6. The molecule has 4 rings (SSSR count). The van der Waals surface area contributed by atoms with E-state index in [9.17, 15) is 5.11 Å². The van der Waals surface area contributed by atoms with E-state index in [1.165, 1.54) is 0 Å². The lowest BCUT2D eigenvalue weighted by Crippen LogP contribution is -2.51. The molecular weight excluding hydrogens is 460 g/mol. The van der Waals surface area contributed by atoms with Gasteiger partial charge in [-0.05, 0) is 48.7 Å². The standard InChI is InChI=1S/C28H40N2O6/c1-20(31)18-35-26-16-29-17-27(28(26)22-6-8-23(33-3)9-7-22)36-19-21-5-10-25-24(15-21)30(12-14-34-25)11-4-13-32-2/h5-10,15,20,26-29,31H,4,11-14,16-19H2,1-3H3/t20?,26-,27+,28+/m1/s1. The van der Waals surface area contributed by atoms with Crippen LogP contribution in [0.25, 0.3) is 0 Å². The quantitative estimate of drug-likeness (QED) is 0.431. The van der Waals surface area contributed by atoms with E-state index in [1.54, 1.807) is 21.1 Å². The Morgan fingerprint density at radius 3 is 2.58 bits per heavy atom. The van der Waals surface area contributed by atoms with Crippen molar-refractivity contribution in [1.29, 1.82) is 0 Å². The first-order valence-electron chi connectivity index (χ1n) is 12.8. The topological polar surface area (TPSA) is 81.7 Å². The van der Waals surface area contributed by atoms with E-state index in [2.05, 4.69) is 34.5 Å². The monoisotopic (exact) mass is 500 g/mol. The lowest BCUT2D eigenvalue weighted by Gasteiger charge is -2.39. The summed E-state index contributed by atoms with van der Waals surface area (Å²) in [5.41, 5.74) is 3.36. The molecule has 36 heavy (non-hydrogen) atoms. The lowest BCUT2D eigenvalue weighted by atomic mass is 9.85. The number of nitrogens with zero attached hydrogens (tertiary/aromatic N) is 1. The third-order valence-corrected chi connectivity index (χ3v) is 6.77. The molecule has 0 amide bonds. The summed E-state index contributed by atoms with van der Waals surface area (Å²) >= 11 is 0. The zero-order chi connectivity index (χ0) is 25.3. The van der Waals surface area contributed by atoms with Gasteiger partial charge in [0.15, 0.2) is 0 Å². The summed E-state index contributed by atoms with van der Waals surface area (Å²) in [6.45, 7) is 7.19. The molecule has 2 heterocycles. The van der Waals surface area contributed by atoms with Gasteiger partial charge < -0.3 is 39.0 Å². The van der Waals surface area contributed by atoms with Crippen molar-refractivity contribution in [2.45, 2.75) is 44.2 Å². The van der Waals surface area contributed by atoms with Gasteiger partial charge in [0, 0.05) is 39.3 Å². The smallest absolute Gasteiger partial charge is 0.142 e. The fourth-order valence-electron chi connectivity index (χ4n) is 4.95. The number of hydrogen-bond acceptors (Lipinski definition) is 8. The minimum Gasteiger partial charge on any atom is -0.497 e. The van der Waals surface area contributed by atoms with Crippen LogP contribution in [0.3, 0.4) is 0 Å². The predicted molar refractivity (Wildman–Crippen MR) is 139 cm³/mol. The molecule has 0 aromatic heterocycles. The number of benzene rings is 2. The Morgan fingerprint density at radius 1 is 1.08 bits per heavy atom. The number of ether oxygens (including phenoxy) is 5. The van der Waals surface area contributed by atoms with E-state index in [-0.39, 0.29) is 24.7 Å². The first kappa shape index (κ1) is 26.7. The van der Waals surface area contributed by atoms with Gasteiger partial charge in [-0.3, -0.25) is 0 Å². The van der Waals surface area contributed by atoms with E-state index < -0.39 is 6.10 Å². The van der Waals surface area contributed by atoms with Crippen LogP contribution in [0.15, 0.2) is 42.5 Å². The Morgan fingerprint density at radius 2 is 1.86 bits per heavy atom. The second kappa shape index (κ2) is 13.3. The summed E-state index contributed by atoms with van der Waals surface area (Å²) in [5, 5.41) is 13.3. The molecular formula is C28H40N2O6. The van der Waals surface area contributed by atoms with Crippen molar-refractivity contribution in [3.63, 3.8) is 0 Å². The molecule has 0 radical (unpaired) electrons. The van der Waals surface area contributed by atoms with Gasteiger partial charge in [-0.1, -0.05) is 18.2 Å². The number of anilines is 1. The molecule has 2 aromatic carbocycles. The van der Waals surface area contributed by atoms with Crippen molar-refractivity contribution in [3.8, 4) is 11.5 Å². The van der Waals surface area contributed by atoms with Crippen LogP contribution in [0.1, 0.15) is 30.4 Å². The van der Waals surface area contributed by atoms with Gasteiger partial charge >= 0.3 is 0 Å². The number of methoxy groups -OCH3 is 2. The zero-order valence-corrected chi connectivity index (χ0v) is 21.7. The SMILES string of the molecule is COCCCN1CCOc2ccc(CO[C@H]3CNC[C@@H](OCC(C)O)[C@@H]3c3ccc(OC)cc3)cc21. The first-order valence-corrected chi connectivity index (χ1v) is 12.8. The maximum absolute atomic E-state index is 9.80. The number of aliphatic hydroxyl groups is 1. The summed E-state index contributed by atoms with van der Waals surface area (Å²) in [5.74, 6) is 1.77. The summed E-state index contributed by atoms with van der Waals surface area (Å²) < 4.78 is 29.1. The molecule has 0 aliphatic carbocycles. The fraction of sp³-hybridized carbons (Fsp3) is 0.571. The molecule has 2 N–H and O–H groups in total. The largest absolute Gasteiger partial charge is 0.497 e. The van der Waals surface area contributed by atoms with Gasteiger partial charge in [0.05, 0.1) is 50.9 Å². The van der Waals surface area contributed by atoms with Crippen molar-refractivity contribution in [2.75, 3.05) is 65.1 Å². The van der Waals surface area contributed by atoms with E-state index in [0.717, 1.165) is 61.0 Å². The molecule has 2 aliphatic rings. The summed E-state index contributed by atoms with van der Waals surface area (Å²) in [7, 11) is 3.41. The van der Waals surface area contributed by atoms with E-state index >= 15 is 0 Å². The van der Waals surface area contributed by atoms with Gasteiger partial charge in [-0.15, -0.1) is 0 Å². The summed E-state index contributed by atoms with van der Waals surface area (Å²) in [6, 6.07) is 14.4. The number of aliphatic hydroxyl groups excluding tert-OH is 1. The van der Waals surface area contributed by atoms with Crippen LogP contribution in [-0.2, 0) is 20.8 Å². The third kappa shape index (κ3) is 6.89. The Kier molecular flexibility index (Phi) is 9.83. The minimum absolute atomic E-state index is 0.0300. The highest BCUT2D eigenvalue weighted by atomic mass is 16.5. The molecule has 0 bridgehead atoms. The maximum atomic E-state index is 9.80. The van der Waals surface area contributed by atoms with Crippen LogP contribution < -0.4 is 19.7 Å². The number of nitrogens with one attached hydrogen (secondary N) is 1. The average Bonchev–Trinajstić information content (AvgIpc) is 2.91. The van der Waals surface area contributed by atoms with Gasteiger partial charge in [0.1, 0.15) is 18.1 Å². The van der Waals surface area contributed by atoms with E-state index in [4.69, 9.17) is 23.7 Å². The van der Waals surface area contributed by atoms with Crippen LogP contribution in [0.5, 0.6) is 11.5 Å². The van der Waals surface area contributed by atoms with Gasteiger partial charge in [0.2, 0.25) is 0 Å². The van der Waals surface area contributed by atoms with Crippen LogP contribution in [0.2, 0.25) is 0 Å². The Bertz CT molecular complexity index is 938. The average molecular weight is 501 g/mol. The molecule has 0 spiro atoms. The predicted octanol–water partition coefficient (Wildman–Crippen LogP) is 2.97. The lowest BCUT2D eigenvalue weighted by molar-refractivity contribution is -0.0752. The number of piperidine rings is 1. The zero-order valence-electron chi connectivity index (χ0n) is 21.7. The molecule has 0 saturated carbocycles. The number of fused-ring (bicyclic) bond motifs is 1. The Balaban J connectivity index is 1.48. The highest BCUT2D eigenvalue weighted by molar-refractivity contribution is 5.61. The normalized spacial score (nSPS) is 22.6. The molecule has 1 saturated heterocycles. The minimum atomic E-state index is -0.521. The van der Waals surface area contributed by atoms with Crippen molar-refractivity contribution in [1.82, 2.24) is 5.32 Å². The van der Waals surface area contributed by atoms with Crippen LogP contribution in [0, 0.1) is 0 Å². The Labute approximate surface area is 214 Å². The van der Waals surface area contributed by atoms with Crippen molar-refractivity contribution >= 4 is 5.69 Å². The molecule has 2 aromatic rings. The van der Waals surface area contributed by atoms with E-state index in [1.807, 2.05) is 18.2 Å². The fourth-order valence-corrected chi connectivity index (χ4v) is 4.95. The van der Waals surface area contributed by atoms with Gasteiger partial charge in [-0.25, -0.2) is 0 Å². The van der Waals surface area contributed by atoms with Crippen molar-refractivity contribution in [3.05, 3.63) is 53.6 Å². The van der Waals surface area contributed by atoms with Crippen LogP contribution in [0.4, 0.5) is 5.69 Å². The summed E-state index contributed by atoms with van der Waals surface area (Å²) in [6.07, 6.45) is 0.255. The number of hydrogen-bond donors (Lipinski definition) is 2. The molecule has 1 fully saturated rings. The third-order valence-electron chi connectivity index (χ3n) is 6.77. The highest BCUT2D eigenvalue weighted by Crippen LogP contribution is 2.35. The molecule has 4 atom stereocenters. The Hall–Kier alpha value is -2.36. The molecule has 8 nitrogen and oxygen atoms in total. The van der Waals surface area contributed by atoms with E-state index in [0.29, 0.717) is 19.8 Å². The second-order valence-corrected chi connectivity index (χ2v) is 9.51. The van der Waals surface area contributed by atoms with Crippen molar-refractivity contribution < 1.29 is 28.8 Å². The maximum Gasteiger partial charge on any atom is 0.142 e. The van der Waals surface area contributed by atoms with Gasteiger partial charge in [0.25, 0.3) is 0 Å². The molecule has 1 unspecified atom stereocenters. The molecule has 2 aliphatic heterocycles. The van der Waals surface area contributed by atoms with Crippen LogP contribution >= 0.6 is 0 Å². The number of rotatable bonds is 12. The second-order valence-electron chi connectivity index (χ2n) is 9.51. The summed E-state index contributed by atoms with van der Waals surface area (Å²) in [4.78, 5) is 2.36. The molecule has 8 heteroatoms. The molecule has 198 valence electrons. The van der Waals surface area contributed by atoms with Crippen molar-refractivity contribution in [2.24, 2.45) is 0 Å². The highest BCUT2D eigenvalue weighted by Gasteiger charge is 2.36. The van der Waals surface area contributed by atoms with Gasteiger partial charge in [-0.2, -0.15) is 0 Å².